The second kappa shape index (κ2) is 5.85. The number of amides is 1. The van der Waals surface area contributed by atoms with E-state index in [1.165, 1.54) is 12.1 Å². The minimum absolute atomic E-state index is 0.168. The minimum atomic E-state index is -2.83. The number of anilines is 1. The summed E-state index contributed by atoms with van der Waals surface area (Å²) in [5.74, 6) is -0.866. The molecule has 1 N–H and O–H groups in total. The van der Waals surface area contributed by atoms with Crippen LogP contribution in [0.5, 0.6) is 0 Å². The molecule has 0 spiro atoms. The van der Waals surface area contributed by atoms with Crippen LogP contribution in [0, 0.1) is 0 Å². The highest BCUT2D eigenvalue weighted by molar-refractivity contribution is 8.13. The van der Waals surface area contributed by atoms with Crippen molar-refractivity contribution in [1.29, 1.82) is 0 Å². The highest BCUT2D eigenvalue weighted by atomic mass is 32.2. The molecule has 0 saturated heterocycles. The van der Waals surface area contributed by atoms with Crippen LogP contribution >= 0.6 is 11.8 Å². The van der Waals surface area contributed by atoms with Crippen molar-refractivity contribution in [3.8, 4) is 0 Å². The molecule has 0 unspecified atom stereocenters. The lowest BCUT2D eigenvalue weighted by Crippen LogP contribution is -2.42. The zero-order chi connectivity index (χ0) is 20.6. The summed E-state index contributed by atoms with van der Waals surface area (Å²) in [6, 6.07) is 16.5. The molecular formula is C17H17N3OS. The summed E-state index contributed by atoms with van der Waals surface area (Å²) in [6.45, 7) is -2.83. The van der Waals surface area contributed by atoms with Gasteiger partial charge < -0.3 is 0 Å². The number of hydrogen-bond acceptors (Lipinski definition) is 4. The third kappa shape index (κ3) is 2.48. The van der Waals surface area contributed by atoms with Crippen molar-refractivity contribution >= 4 is 28.5 Å². The second-order valence-corrected chi connectivity index (χ2v) is 5.26. The fraction of sp³-hybridized carbons (Fsp3) is 0.176. The van der Waals surface area contributed by atoms with Crippen LogP contribution in [0.2, 0.25) is 0 Å². The number of para-hydroxylation sites is 1. The number of aliphatic imine (C=N–C) groups is 1. The number of nitrogens with one attached hydrogen (secondary N) is 1. The molecule has 1 aliphatic heterocycles. The van der Waals surface area contributed by atoms with E-state index in [0.29, 0.717) is 17.4 Å². The van der Waals surface area contributed by atoms with Gasteiger partial charge >= 0.3 is 0 Å². The van der Waals surface area contributed by atoms with E-state index < -0.39 is 24.5 Å². The average molecular weight is 317 g/mol. The van der Waals surface area contributed by atoms with E-state index in [4.69, 9.17) is 8.22 Å². The molecule has 0 fully saturated rings. The molecule has 2 aromatic carbocycles. The van der Waals surface area contributed by atoms with Crippen molar-refractivity contribution in [2.75, 3.05) is 11.6 Å². The summed E-state index contributed by atoms with van der Waals surface area (Å²) < 4.78 is 46.7. The fourth-order valence-electron chi connectivity index (χ4n) is 2.17. The Kier molecular flexibility index (Phi) is 2.39. The number of amidine groups is 1. The number of rotatable bonds is 3. The standard InChI is InChI=1S/C17H17N3OS/c1-17(13-9-5-3-6-10-13)15(21)20(16(18-17)22-2)19-14-11-7-4-8-12-14/h3-12,19H,1-2H3/t17-/m0/s1/i1D3,2D3. The molecule has 1 aliphatic rings. The van der Waals surface area contributed by atoms with Gasteiger partial charge in [0.15, 0.2) is 10.7 Å². The molecule has 0 bridgehead atoms. The molecule has 4 nitrogen and oxygen atoms in total. The quantitative estimate of drug-likeness (QED) is 0.942. The Morgan fingerprint density at radius 3 is 2.45 bits per heavy atom. The lowest BCUT2D eigenvalue weighted by atomic mass is 9.92. The first-order chi connectivity index (χ1) is 13.0. The summed E-state index contributed by atoms with van der Waals surface area (Å²) in [5, 5.41) is 0.681. The van der Waals surface area contributed by atoms with Crippen LogP contribution in [-0.4, -0.2) is 22.3 Å². The van der Waals surface area contributed by atoms with Crippen LogP contribution in [0.4, 0.5) is 5.69 Å². The Morgan fingerprint density at radius 1 is 1.14 bits per heavy atom. The van der Waals surface area contributed by atoms with Crippen LogP contribution in [0.25, 0.3) is 0 Å². The van der Waals surface area contributed by atoms with E-state index in [0.717, 1.165) is 5.01 Å². The van der Waals surface area contributed by atoms with Gasteiger partial charge in [-0.1, -0.05) is 60.3 Å². The number of nitrogens with zero attached hydrogens (tertiary/aromatic N) is 2. The van der Waals surface area contributed by atoms with Gasteiger partial charge in [0.2, 0.25) is 0 Å². The van der Waals surface area contributed by atoms with Gasteiger partial charge in [-0.05, 0) is 30.7 Å². The fourth-order valence-corrected chi connectivity index (χ4v) is 2.57. The van der Waals surface area contributed by atoms with E-state index in [2.05, 4.69) is 10.4 Å². The van der Waals surface area contributed by atoms with Crippen molar-refractivity contribution in [1.82, 2.24) is 5.01 Å². The van der Waals surface area contributed by atoms with E-state index in [-0.39, 0.29) is 10.7 Å². The van der Waals surface area contributed by atoms with Gasteiger partial charge in [-0.3, -0.25) is 10.2 Å². The highest BCUT2D eigenvalue weighted by Gasteiger charge is 2.46. The number of carbonyl (C=O) groups excluding carboxylic acids is 1. The topological polar surface area (TPSA) is 44.7 Å². The number of hydrogen-bond donors (Lipinski definition) is 1. The van der Waals surface area contributed by atoms with Gasteiger partial charge in [0.25, 0.3) is 5.91 Å². The van der Waals surface area contributed by atoms with Crippen LogP contribution in [0.15, 0.2) is 65.7 Å². The summed E-state index contributed by atoms with van der Waals surface area (Å²) in [7, 11) is 0. The van der Waals surface area contributed by atoms with Gasteiger partial charge in [-0.25, -0.2) is 4.99 Å². The Morgan fingerprint density at radius 2 is 1.82 bits per heavy atom. The van der Waals surface area contributed by atoms with Crippen molar-refractivity contribution in [3.63, 3.8) is 0 Å². The molecule has 1 heterocycles. The minimum Gasteiger partial charge on any atom is -0.289 e. The molecule has 0 saturated carbocycles. The van der Waals surface area contributed by atoms with Crippen molar-refractivity contribution < 1.29 is 13.0 Å². The van der Waals surface area contributed by atoms with Gasteiger partial charge in [-0.15, -0.1) is 0 Å². The Balaban J connectivity index is 2.14. The summed E-state index contributed by atoms with van der Waals surface area (Å²) in [6.07, 6.45) is -2.52. The number of benzene rings is 2. The molecule has 0 radical (unpaired) electrons. The summed E-state index contributed by atoms with van der Waals surface area (Å²) >= 11 is 0.351. The average Bonchev–Trinajstić information content (AvgIpc) is 2.88. The van der Waals surface area contributed by atoms with Crippen molar-refractivity contribution in [3.05, 3.63) is 66.2 Å². The Labute approximate surface area is 142 Å². The predicted octanol–water partition coefficient (Wildman–Crippen LogP) is 3.49. The zero-order valence-corrected chi connectivity index (χ0v) is 12.3. The molecule has 0 aliphatic carbocycles. The maximum atomic E-state index is 13.4. The molecule has 1 atom stereocenters. The number of carbonyl (C=O) groups is 1. The third-order valence-electron chi connectivity index (χ3n) is 3.26. The first-order valence-corrected chi connectivity index (χ1v) is 7.37. The zero-order valence-electron chi connectivity index (χ0n) is 17.5. The number of thioether (sulfide) groups is 1. The lowest BCUT2D eigenvalue weighted by Gasteiger charge is -2.23. The lowest BCUT2D eigenvalue weighted by molar-refractivity contribution is -0.129. The SMILES string of the molecule is [2H]C([2H])([2H])SC1=N[C@](c2ccccc2)(C([2H])([2H])[2H])C(=O)N1Nc1ccccc1. The van der Waals surface area contributed by atoms with E-state index in [9.17, 15) is 4.79 Å². The van der Waals surface area contributed by atoms with Crippen LogP contribution < -0.4 is 5.43 Å². The number of hydrazine groups is 1. The van der Waals surface area contributed by atoms with Gasteiger partial charge in [0.05, 0.1) is 5.69 Å². The second-order valence-electron chi connectivity index (χ2n) is 4.69. The predicted molar refractivity (Wildman–Crippen MR) is 91.7 cm³/mol. The third-order valence-corrected chi connectivity index (χ3v) is 3.72. The molecule has 22 heavy (non-hydrogen) atoms. The van der Waals surface area contributed by atoms with Gasteiger partial charge in [0, 0.05) is 8.22 Å². The largest absolute Gasteiger partial charge is 0.289 e. The van der Waals surface area contributed by atoms with E-state index >= 15 is 0 Å². The molecule has 1 amide bonds. The monoisotopic (exact) mass is 317 g/mol. The van der Waals surface area contributed by atoms with Crippen LogP contribution in [0.1, 0.15) is 20.6 Å². The van der Waals surface area contributed by atoms with Crippen LogP contribution in [0.3, 0.4) is 0 Å². The molecule has 2 aromatic rings. The molecule has 3 rings (SSSR count). The molecule has 112 valence electrons. The Bertz CT molecular complexity index is 885. The van der Waals surface area contributed by atoms with Crippen LogP contribution in [-0.2, 0) is 10.3 Å². The highest BCUT2D eigenvalue weighted by Crippen LogP contribution is 2.35. The normalized spacial score (nSPS) is 26.1. The van der Waals surface area contributed by atoms with E-state index in [1.54, 1.807) is 48.5 Å². The molecular weight excluding hydrogens is 294 g/mol. The summed E-state index contributed by atoms with van der Waals surface area (Å²) in [4.78, 5) is 17.5. The van der Waals surface area contributed by atoms with Crippen molar-refractivity contribution in [2.24, 2.45) is 4.99 Å². The van der Waals surface area contributed by atoms with Gasteiger partial charge in [0.1, 0.15) is 0 Å². The maximum absolute atomic E-state index is 13.4. The molecule has 0 aromatic heterocycles. The van der Waals surface area contributed by atoms with Crippen molar-refractivity contribution in [2.45, 2.75) is 12.4 Å². The summed E-state index contributed by atoms with van der Waals surface area (Å²) in [5.41, 5.74) is 1.22. The first-order valence-electron chi connectivity index (χ1n) is 9.55. The molecule has 5 heteroatoms. The maximum Gasteiger partial charge on any atom is 0.279 e. The smallest absolute Gasteiger partial charge is 0.279 e. The van der Waals surface area contributed by atoms with E-state index in [1.807, 2.05) is 0 Å². The first kappa shape index (κ1) is 9.00. The Hall–Kier alpha value is -2.27. The van der Waals surface area contributed by atoms with Gasteiger partial charge in [-0.2, -0.15) is 5.01 Å².